The van der Waals surface area contributed by atoms with Gasteiger partial charge in [0.05, 0.1) is 10.6 Å². The number of halogens is 2. The predicted molar refractivity (Wildman–Crippen MR) is 91.4 cm³/mol. The molecule has 1 aliphatic rings. The van der Waals surface area contributed by atoms with Crippen LogP contribution in [0.1, 0.15) is 5.56 Å². The molecule has 1 aliphatic heterocycles. The van der Waals surface area contributed by atoms with Crippen LogP contribution in [0.5, 0.6) is 0 Å². The molecule has 0 radical (unpaired) electrons. The van der Waals surface area contributed by atoms with Crippen LogP contribution >= 0.6 is 35.0 Å². The molecule has 1 saturated heterocycles. The lowest BCUT2D eigenvalue weighted by atomic mass is 10.2. The highest BCUT2D eigenvalue weighted by Gasteiger charge is 2.36. The molecule has 2 aromatic carbocycles. The van der Waals surface area contributed by atoms with Crippen molar-refractivity contribution in [2.45, 2.75) is 0 Å². The Bertz CT molecular complexity index is 790. The smallest absolute Gasteiger partial charge is 0.268 e. The molecule has 0 aromatic heterocycles. The summed E-state index contributed by atoms with van der Waals surface area (Å²) >= 11 is 12.8. The molecule has 0 spiro atoms. The van der Waals surface area contributed by atoms with Crippen molar-refractivity contribution < 1.29 is 9.59 Å². The first-order valence-electron chi connectivity index (χ1n) is 6.34. The van der Waals surface area contributed by atoms with E-state index >= 15 is 0 Å². The second-order valence-electron chi connectivity index (χ2n) is 4.52. The van der Waals surface area contributed by atoms with Gasteiger partial charge in [-0.25, -0.2) is 4.90 Å². The summed E-state index contributed by atoms with van der Waals surface area (Å²) < 4.78 is 0. The van der Waals surface area contributed by atoms with Crippen LogP contribution in [0.3, 0.4) is 0 Å². The van der Waals surface area contributed by atoms with E-state index in [0.29, 0.717) is 26.2 Å². The number of carbonyl (C=O) groups is 2. The molecular formula is C16H9Cl2NO2S. The van der Waals surface area contributed by atoms with Gasteiger partial charge in [0, 0.05) is 10.0 Å². The van der Waals surface area contributed by atoms with Gasteiger partial charge >= 0.3 is 0 Å². The van der Waals surface area contributed by atoms with E-state index in [1.54, 1.807) is 48.5 Å². The average molecular weight is 350 g/mol. The largest absolute Gasteiger partial charge is 0.298 e. The molecule has 1 heterocycles. The summed E-state index contributed by atoms with van der Waals surface area (Å²) in [4.78, 5) is 26.0. The Labute approximate surface area is 141 Å². The summed E-state index contributed by atoms with van der Waals surface area (Å²) in [6.07, 6.45) is 1.60. The van der Waals surface area contributed by atoms with Crippen molar-refractivity contribution in [2.24, 2.45) is 0 Å². The number of rotatable bonds is 2. The Balaban J connectivity index is 1.96. The van der Waals surface area contributed by atoms with E-state index in [1.165, 1.54) is 0 Å². The number of hydrogen-bond donors (Lipinski definition) is 0. The van der Waals surface area contributed by atoms with Crippen molar-refractivity contribution in [1.82, 2.24) is 0 Å². The maximum atomic E-state index is 12.4. The molecular weight excluding hydrogens is 341 g/mol. The Hall–Kier alpha value is -1.75. The van der Waals surface area contributed by atoms with Crippen molar-refractivity contribution >= 4 is 57.9 Å². The van der Waals surface area contributed by atoms with Gasteiger partial charge in [-0.3, -0.25) is 9.59 Å². The highest BCUT2D eigenvalue weighted by molar-refractivity contribution is 8.19. The van der Waals surface area contributed by atoms with Gasteiger partial charge in [0.15, 0.2) is 0 Å². The third kappa shape index (κ3) is 2.90. The second-order valence-corrected chi connectivity index (χ2v) is 6.36. The van der Waals surface area contributed by atoms with Crippen LogP contribution in [0, 0.1) is 0 Å². The minimum absolute atomic E-state index is 0.326. The van der Waals surface area contributed by atoms with Gasteiger partial charge in [-0.1, -0.05) is 47.5 Å². The summed E-state index contributed by atoms with van der Waals surface area (Å²) in [5, 5.41) is 0.617. The number of para-hydroxylation sites is 1. The topological polar surface area (TPSA) is 37.4 Å². The van der Waals surface area contributed by atoms with Crippen LogP contribution in [0.4, 0.5) is 10.5 Å². The van der Waals surface area contributed by atoms with Crippen LogP contribution in [-0.4, -0.2) is 11.1 Å². The maximum Gasteiger partial charge on any atom is 0.298 e. The zero-order chi connectivity index (χ0) is 15.7. The molecule has 2 amide bonds. The third-order valence-electron chi connectivity index (χ3n) is 3.06. The first kappa shape index (κ1) is 15.2. The number of thioether (sulfide) groups is 1. The normalized spacial score (nSPS) is 16.6. The number of anilines is 1. The molecule has 2 aromatic rings. The van der Waals surface area contributed by atoms with E-state index in [1.807, 2.05) is 6.07 Å². The molecule has 0 N–H and O–H groups in total. The molecule has 110 valence electrons. The lowest BCUT2D eigenvalue weighted by Gasteiger charge is -2.11. The van der Waals surface area contributed by atoms with E-state index in [4.69, 9.17) is 23.2 Å². The Kier molecular flexibility index (Phi) is 4.25. The molecule has 3 rings (SSSR count). The molecule has 0 bridgehead atoms. The summed E-state index contributed by atoms with van der Waals surface area (Å²) in [5.41, 5.74) is 1.19. The fourth-order valence-corrected chi connectivity index (χ4v) is 3.32. The number of carbonyl (C=O) groups excluding carboxylic acids is 2. The van der Waals surface area contributed by atoms with E-state index in [2.05, 4.69) is 0 Å². The number of nitrogens with zero attached hydrogens (tertiary/aromatic N) is 1. The van der Waals surface area contributed by atoms with Gasteiger partial charge in [-0.05, 0) is 47.7 Å². The SMILES string of the molecule is O=C1S/C(=C/c2ccc(Cl)cc2Cl)C(=O)N1c1ccccc1. The molecule has 0 aliphatic carbocycles. The Morgan fingerprint density at radius 2 is 1.73 bits per heavy atom. The molecule has 0 unspecified atom stereocenters. The summed E-state index contributed by atoms with van der Waals surface area (Å²) in [6.45, 7) is 0. The quantitative estimate of drug-likeness (QED) is 0.696. The van der Waals surface area contributed by atoms with Crippen molar-refractivity contribution in [2.75, 3.05) is 4.90 Å². The summed E-state index contributed by atoms with van der Waals surface area (Å²) in [5.74, 6) is -0.354. The van der Waals surface area contributed by atoms with Gasteiger partial charge in [-0.15, -0.1) is 0 Å². The first-order chi connectivity index (χ1) is 10.6. The van der Waals surface area contributed by atoms with Crippen molar-refractivity contribution in [3.63, 3.8) is 0 Å². The number of benzene rings is 2. The van der Waals surface area contributed by atoms with E-state index in [-0.39, 0.29) is 11.1 Å². The van der Waals surface area contributed by atoms with Crippen LogP contribution in [0.25, 0.3) is 6.08 Å². The van der Waals surface area contributed by atoms with Gasteiger partial charge < -0.3 is 0 Å². The summed E-state index contributed by atoms with van der Waals surface area (Å²) in [6, 6.07) is 13.8. The second kappa shape index (κ2) is 6.16. The number of imide groups is 1. The van der Waals surface area contributed by atoms with E-state index < -0.39 is 0 Å². The zero-order valence-electron chi connectivity index (χ0n) is 11.1. The van der Waals surface area contributed by atoms with Crippen LogP contribution in [0.2, 0.25) is 10.0 Å². The molecule has 6 heteroatoms. The number of hydrogen-bond acceptors (Lipinski definition) is 3. The minimum atomic E-state index is -0.354. The fourth-order valence-electron chi connectivity index (χ4n) is 2.03. The Morgan fingerprint density at radius 1 is 1.00 bits per heavy atom. The van der Waals surface area contributed by atoms with Gasteiger partial charge in [0.1, 0.15) is 0 Å². The highest BCUT2D eigenvalue weighted by atomic mass is 35.5. The Morgan fingerprint density at radius 3 is 2.41 bits per heavy atom. The van der Waals surface area contributed by atoms with Crippen molar-refractivity contribution in [3.05, 3.63) is 69.0 Å². The molecule has 22 heavy (non-hydrogen) atoms. The lowest BCUT2D eigenvalue weighted by molar-refractivity contribution is -0.113. The van der Waals surface area contributed by atoms with Gasteiger partial charge in [-0.2, -0.15) is 0 Å². The standard InChI is InChI=1S/C16H9Cl2NO2S/c17-11-7-6-10(13(18)9-11)8-14-15(20)19(16(21)22-14)12-4-2-1-3-5-12/h1-9H/b14-8+. The molecule has 3 nitrogen and oxygen atoms in total. The van der Waals surface area contributed by atoms with E-state index in [0.717, 1.165) is 16.7 Å². The van der Waals surface area contributed by atoms with Crippen molar-refractivity contribution in [1.29, 1.82) is 0 Å². The minimum Gasteiger partial charge on any atom is -0.268 e. The predicted octanol–water partition coefficient (Wildman–Crippen LogP) is 5.23. The highest BCUT2D eigenvalue weighted by Crippen LogP contribution is 2.36. The molecule has 1 fully saturated rings. The average Bonchev–Trinajstić information content (AvgIpc) is 2.77. The third-order valence-corrected chi connectivity index (χ3v) is 4.49. The monoisotopic (exact) mass is 349 g/mol. The molecule has 0 saturated carbocycles. The van der Waals surface area contributed by atoms with Gasteiger partial charge in [0.25, 0.3) is 11.1 Å². The summed E-state index contributed by atoms with van der Waals surface area (Å²) in [7, 11) is 0. The first-order valence-corrected chi connectivity index (χ1v) is 7.91. The number of amides is 2. The fraction of sp³-hybridized carbons (Fsp3) is 0. The van der Waals surface area contributed by atoms with Crippen LogP contribution in [0.15, 0.2) is 53.4 Å². The van der Waals surface area contributed by atoms with Crippen LogP contribution < -0.4 is 4.90 Å². The lowest BCUT2D eigenvalue weighted by Crippen LogP contribution is -2.27. The molecule has 0 atom stereocenters. The van der Waals surface area contributed by atoms with Crippen LogP contribution in [-0.2, 0) is 4.79 Å². The van der Waals surface area contributed by atoms with Crippen molar-refractivity contribution in [3.8, 4) is 0 Å². The zero-order valence-corrected chi connectivity index (χ0v) is 13.5. The maximum absolute atomic E-state index is 12.4. The van der Waals surface area contributed by atoms with E-state index in [9.17, 15) is 9.59 Å². The van der Waals surface area contributed by atoms with Gasteiger partial charge in [0.2, 0.25) is 0 Å².